The van der Waals surface area contributed by atoms with E-state index >= 15 is 0 Å². The van der Waals surface area contributed by atoms with Crippen molar-refractivity contribution in [3.63, 3.8) is 0 Å². The van der Waals surface area contributed by atoms with Gasteiger partial charge in [0.25, 0.3) is 0 Å². The lowest BCUT2D eigenvalue weighted by atomic mass is 9.92. The molecule has 3 nitrogen and oxygen atoms in total. The Bertz CT molecular complexity index is 391. The molecule has 1 fully saturated rings. The maximum atomic E-state index is 4.72. The fraction of sp³-hybridized carbons (Fsp3) is 0.643. The van der Waals surface area contributed by atoms with Crippen LogP contribution < -0.4 is 10.6 Å². The van der Waals surface area contributed by atoms with Crippen LogP contribution in [0.3, 0.4) is 0 Å². The average Bonchev–Trinajstić information content (AvgIpc) is 2.96. The number of nitrogens with one attached hydrogen (secondary N) is 2. The fourth-order valence-corrected chi connectivity index (χ4v) is 2.60. The SMILES string of the molecule is CCNC(=NCC(C)(C)c1cccs1)NC1CC1. The van der Waals surface area contributed by atoms with Crippen LogP contribution in [0.15, 0.2) is 22.5 Å². The summed E-state index contributed by atoms with van der Waals surface area (Å²) in [4.78, 5) is 6.12. The second-order valence-electron chi connectivity index (χ2n) is 5.47. The Morgan fingerprint density at radius 1 is 1.50 bits per heavy atom. The van der Waals surface area contributed by atoms with E-state index in [1.165, 1.54) is 17.7 Å². The molecule has 0 saturated heterocycles. The highest BCUT2D eigenvalue weighted by Gasteiger charge is 2.24. The standard InChI is InChI=1S/C14H23N3S/c1-4-15-13(17-11-7-8-11)16-10-14(2,3)12-6-5-9-18-12/h5-6,9,11H,4,7-8,10H2,1-3H3,(H2,15,16,17). The van der Waals surface area contributed by atoms with Crippen molar-refractivity contribution >= 4 is 17.3 Å². The molecule has 0 spiro atoms. The van der Waals surface area contributed by atoms with E-state index in [4.69, 9.17) is 4.99 Å². The van der Waals surface area contributed by atoms with Crippen LogP contribution in [-0.2, 0) is 5.41 Å². The Labute approximate surface area is 114 Å². The Balaban J connectivity index is 1.97. The minimum atomic E-state index is 0.111. The van der Waals surface area contributed by atoms with Crippen molar-refractivity contribution in [3.8, 4) is 0 Å². The van der Waals surface area contributed by atoms with Crippen LogP contribution in [0.4, 0.5) is 0 Å². The molecule has 0 amide bonds. The van der Waals surface area contributed by atoms with E-state index < -0.39 is 0 Å². The summed E-state index contributed by atoms with van der Waals surface area (Å²) < 4.78 is 0. The van der Waals surface area contributed by atoms with E-state index in [0.29, 0.717) is 6.04 Å². The van der Waals surface area contributed by atoms with Crippen molar-refractivity contribution in [2.24, 2.45) is 4.99 Å². The third-order valence-electron chi connectivity index (χ3n) is 3.08. The zero-order valence-corrected chi connectivity index (χ0v) is 12.3. The maximum Gasteiger partial charge on any atom is 0.191 e. The zero-order valence-electron chi connectivity index (χ0n) is 11.5. The molecule has 2 rings (SSSR count). The van der Waals surface area contributed by atoms with E-state index in [2.05, 4.69) is 48.9 Å². The van der Waals surface area contributed by atoms with E-state index in [0.717, 1.165) is 19.0 Å². The number of rotatable bonds is 5. The summed E-state index contributed by atoms with van der Waals surface area (Å²) in [6, 6.07) is 4.95. The molecule has 100 valence electrons. The molecule has 0 unspecified atom stereocenters. The van der Waals surface area contributed by atoms with Gasteiger partial charge in [0.15, 0.2) is 5.96 Å². The summed E-state index contributed by atoms with van der Waals surface area (Å²) in [5, 5.41) is 8.90. The first kappa shape index (κ1) is 13.4. The van der Waals surface area contributed by atoms with Gasteiger partial charge in [0.1, 0.15) is 0 Å². The van der Waals surface area contributed by atoms with Crippen LogP contribution in [0.1, 0.15) is 38.5 Å². The third kappa shape index (κ3) is 3.73. The van der Waals surface area contributed by atoms with Crippen LogP contribution in [-0.4, -0.2) is 25.1 Å². The molecule has 0 aromatic carbocycles. The van der Waals surface area contributed by atoms with Gasteiger partial charge in [0.05, 0.1) is 6.54 Å². The van der Waals surface area contributed by atoms with Crippen LogP contribution in [0.25, 0.3) is 0 Å². The number of nitrogens with zero attached hydrogens (tertiary/aromatic N) is 1. The van der Waals surface area contributed by atoms with Gasteiger partial charge in [-0.3, -0.25) is 4.99 Å². The average molecular weight is 265 g/mol. The van der Waals surface area contributed by atoms with Crippen molar-refractivity contribution in [1.82, 2.24) is 10.6 Å². The van der Waals surface area contributed by atoms with Gasteiger partial charge in [-0.2, -0.15) is 0 Å². The summed E-state index contributed by atoms with van der Waals surface area (Å²) in [6.07, 6.45) is 2.55. The first-order chi connectivity index (χ1) is 8.62. The minimum absolute atomic E-state index is 0.111. The zero-order chi connectivity index (χ0) is 13.0. The molecule has 1 aliphatic carbocycles. The van der Waals surface area contributed by atoms with E-state index in [1.54, 1.807) is 0 Å². The smallest absolute Gasteiger partial charge is 0.191 e. The first-order valence-electron chi connectivity index (χ1n) is 6.70. The summed E-state index contributed by atoms with van der Waals surface area (Å²) in [7, 11) is 0. The van der Waals surface area contributed by atoms with Crippen molar-refractivity contribution in [1.29, 1.82) is 0 Å². The van der Waals surface area contributed by atoms with Crippen LogP contribution in [0, 0.1) is 0 Å². The topological polar surface area (TPSA) is 36.4 Å². The summed E-state index contributed by atoms with van der Waals surface area (Å²) in [6.45, 7) is 8.34. The molecule has 0 aliphatic heterocycles. The number of hydrogen-bond donors (Lipinski definition) is 2. The van der Waals surface area contributed by atoms with Gasteiger partial charge in [-0.15, -0.1) is 11.3 Å². The monoisotopic (exact) mass is 265 g/mol. The van der Waals surface area contributed by atoms with Crippen molar-refractivity contribution in [2.45, 2.75) is 45.1 Å². The van der Waals surface area contributed by atoms with Crippen LogP contribution in [0.5, 0.6) is 0 Å². The Kier molecular flexibility index (Phi) is 4.27. The largest absolute Gasteiger partial charge is 0.357 e. The molecular formula is C14H23N3S. The summed E-state index contributed by atoms with van der Waals surface area (Å²) in [5.41, 5.74) is 0.111. The summed E-state index contributed by atoms with van der Waals surface area (Å²) >= 11 is 1.81. The second kappa shape index (κ2) is 5.74. The lowest BCUT2D eigenvalue weighted by Gasteiger charge is -2.21. The molecule has 0 radical (unpaired) electrons. The van der Waals surface area contributed by atoms with Gasteiger partial charge >= 0.3 is 0 Å². The molecule has 4 heteroatoms. The highest BCUT2D eigenvalue weighted by atomic mass is 32.1. The van der Waals surface area contributed by atoms with Crippen molar-refractivity contribution in [3.05, 3.63) is 22.4 Å². The van der Waals surface area contributed by atoms with Crippen molar-refractivity contribution < 1.29 is 0 Å². The predicted octanol–water partition coefficient (Wildman–Crippen LogP) is 2.74. The Morgan fingerprint density at radius 3 is 2.83 bits per heavy atom. The quantitative estimate of drug-likeness (QED) is 0.634. The van der Waals surface area contributed by atoms with Gasteiger partial charge in [0.2, 0.25) is 0 Å². The first-order valence-corrected chi connectivity index (χ1v) is 7.58. The summed E-state index contributed by atoms with van der Waals surface area (Å²) in [5.74, 6) is 0.963. The second-order valence-corrected chi connectivity index (χ2v) is 6.42. The Hall–Kier alpha value is -1.03. The van der Waals surface area contributed by atoms with E-state index in [1.807, 2.05) is 11.3 Å². The molecule has 18 heavy (non-hydrogen) atoms. The molecule has 2 N–H and O–H groups in total. The molecule has 0 bridgehead atoms. The number of thiophene rings is 1. The minimum Gasteiger partial charge on any atom is -0.357 e. The predicted molar refractivity (Wildman–Crippen MR) is 79.5 cm³/mol. The van der Waals surface area contributed by atoms with E-state index in [9.17, 15) is 0 Å². The highest BCUT2D eigenvalue weighted by molar-refractivity contribution is 7.10. The molecule has 1 aliphatic rings. The number of guanidine groups is 1. The molecule has 1 heterocycles. The normalized spacial score (nSPS) is 16.7. The molecule has 1 saturated carbocycles. The van der Waals surface area contributed by atoms with Gasteiger partial charge < -0.3 is 10.6 Å². The molecule has 1 aromatic heterocycles. The fourth-order valence-electron chi connectivity index (χ4n) is 1.76. The van der Waals surface area contributed by atoms with Gasteiger partial charge in [-0.05, 0) is 31.2 Å². The van der Waals surface area contributed by atoms with Gasteiger partial charge in [-0.1, -0.05) is 19.9 Å². The lowest BCUT2D eigenvalue weighted by molar-refractivity contribution is 0.548. The number of hydrogen-bond acceptors (Lipinski definition) is 2. The van der Waals surface area contributed by atoms with E-state index in [-0.39, 0.29) is 5.41 Å². The highest BCUT2D eigenvalue weighted by Crippen LogP contribution is 2.27. The van der Waals surface area contributed by atoms with Crippen molar-refractivity contribution in [2.75, 3.05) is 13.1 Å². The van der Waals surface area contributed by atoms with Gasteiger partial charge in [-0.25, -0.2) is 0 Å². The van der Waals surface area contributed by atoms with Crippen LogP contribution in [0.2, 0.25) is 0 Å². The van der Waals surface area contributed by atoms with Gasteiger partial charge in [0, 0.05) is 22.9 Å². The number of aliphatic imine (C=N–C) groups is 1. The molecular weight excluding hydrogens is 242 g/mol. The van der Waals surface area contributed by atoms with Crippen LogP contribution >= 0.6 is 11.3 Å². The lowest BCUT2D eigenvalue weighted by Crippen LogP contribution is -2.39. The maximum absolute atomic E-state index is 4.72. The molecule has 0 atom stereocenters. The Morgan fingerprint density at radius 2 is 2.28 bits per heavy atom. The molecule has 1 aromatic rings. The third-order valence-corrected chi connectivity index (χ3v) is 4.32.